The summed E-state index contributed by atoms with van der Waals surface area (Å²) < 4.78 is 20.0. The first-order valence-electron chi connectivity index (χ1n) is 11.5. The molecule has 0 amide bonds. The topological polar surface area (TPSA) is 89.8 Å². The lowest BCUT2D eigenvalue weighted by atomic mass is 10.1. The van der Waals surface area contributed by atoms with Crippen LogP contribution in [0.5, 0.6) is 11.8 Å². The van der Waals surface area contributed by atoms with Crippen LogP contribution in [0.2, 0.25) is 0 Å². The third kappa shape index (κ3) is 4.56. The van der Waals surface area contributed by atoms with Crippen molar-refractivity contribution in [2.24, 2.45) is 0 Å². The lowest BCUT2D eigenvalue weighted by Crippen LogP contribution is -2.40. The number of nitrogens with one attached hydrogen (secondary N) is 1. The largest absolute Gasteiger partial charge is 0.423 e. The molecule has 180 valence electrons. The fourth-order valence-corrected chi connectivity index (χ4v) is 4.42. The van der Waals surface area contributed by atoms with Crippen LogP contribution in [0.4, 0.5) is 11.4 Å². The second kappa shape index (κ2) is 9.57. The van der Waals surface area contributed by atoms with Gasteiger partial charge in [-0.25, -0.2) is 0 Å². The lowest BCUT2D eigenvalue weighted by molar-refractivity contribution is 0.0611. The summed E-state index contributed by atoms with van der Waals surface area (Å²) in [7, 11) is 8.05. The highest BCUT2D eigenvalue weighted by Crippen LogP contribution is 2.36. The highest BCUT2D eigenvalue weighted by atomic mass is 16.6. The van der Waals surface area contributed by atoms with Gasteiger partial charge in [0.15, 0.2) is 0 Å². The van der Waals surface area contributed by atoms with Crippen molar-refractivity contribution in [2.75, 3.05) is 51.2 Å². The van der Waals surface area contributed by atoms with Gasteiger partial charge >= 0.3 is 6.01 Å². The summed E-state index contributed by atoms with van der Waals surface area (Å²) >= 11 is 0. The van der Waals surface area contributed by atoms with E-state index in [-0.39, 0.29) is 24.3 Å². The third-order valence-corrected chi connectivity index (χ3v) is 6.37. The van der Waals surface area contributed by atoms with Crippen molar-refractivity contribution in [1.82, 2.24) is 25.5 Å². The van der Waals surface area contributed by atoms with Crippen LogP contribution >= 0.6 is 0 Å². The van der Waals surface area contributed by atoms with Gasteiger partial charge in [0.2, 0.25) is 0 Å². The summed E-state index contributed by atoms with van der Waals surface area (Å²) in [6, 6.07) is 16.6. The Kier molecular flexibility index (Phi) is 6.36. The quantitative estimate of drug-likeness (QED) is 0.537. The Morgan fingerprint density at radius 2 is 1.74 bits per heavy atom. The Morgan fingerprint density at radius 1 is 0.971 bits per heavy atom. The van der Waals surface area contributed by atoms with Crippen LogP contribution in [0, 0.1) is 0 Å². The molecule has 0 unspecified atom stereocenters. The van der Waals surface area contributed by atoms with Crippen LogP contribution in [0.15, 0.2) is 48.5 Å². The van der Waals surface area contributed by atoms with Crippen molar-refractivity contribution in [2.45, 2.75) is 30.8 Å². The maximum absolute atomic E-state index is 6.15. The Balaban J connectivity index is 1.23. The molecule has 0 saturated carbocycles. The smallest absolute Gasteiger partial charge is 0.341 e. The average Bonchev–Trinajstić information content (AvgIpc) is 3.55. The fraction of sp³-hybridized carbons (Fsp3) is 0.458. The normalized spacial score (nSPS) is 23.6. The lowest BCUT2D eigenvalue weighted by Gasteiger charge is -2.19. The van der Waals surface area contributed by atoms with Crippen molar-refractivity contribution < 1.29 is 14.2 Å². The predicted molar refractivity (Wildman–Crippen MR) is 129 cm³/mol. The Bertz CT molecular complexity index is 1100. The second-order valence-electron chi connectivity index (χ2n) is 9.11. The molecule has 2 aliphatic heterocycles. The summed E-state index contributed by atoms with van der Waals surface area (Å²) in [5.74, 6) is 0.671. The fourth-order valence-electron chi connectivity index (χ4n) is 4.42. The molecule has 2 fully saturated rings. The standard InChI is InChI=1S/C24H31N7O3/c1-29(2)17-10-8-16(9-11-17)13-25-20-14-32-23-21(15-33-22(20)23)31-24(26-27-28-31)34-19-7-5-6-18(12-19)30(3)4/h5-12,20-23,25H,13-15H2,1-4H3/t20-,21-,22+,23+/m0/s1. The van der Waals surface area contributed by atoms with Gasteiger partial charge in [-0.3, -0.25) is 0 Å². The molecular formula is C24H31N7O3. The maximum Gasteiger partial charge on any atom is 0.341 e. The van der Waals surface area contributed by atoms with E-state index < -0.39 is 0 Å². The molecule has 3 aromatic rings. The maximum atomic E-state index is 6.15. The van der Waals surface area contributed by atoms with E-state index in [0.717, 1.165) is 12.2 Å². The van der Waals surface area contributed by atoms with Gasteiger partial charge in [-0.1, -0.05) is 23.3 Å². The van der Waals surface area contributed by atoms with Gasteiger partial charge in [0.05, 0.1) is 19.3 Å². The minimum absolute atomic E-state index is 0.0693. The molecule has 10 nitrogen and oxygen atoms in total. The van der Waals surface area contributed by atoms with Crippen LogP contribution in [0.1, 0.15) is 11.6 Å². The van der Waals surface area contributed by atoms with E-state index in [4.69, 9.17) is 14.2 Å². The average molecular weight is 466 g/mol. The van der Waals surface area contributed by atoms with E-state index in [1.807, 2.05) is 57.4 Å². The number of aromatic nitrogens is 4. The second-order valence-corrected chi connectivity index (χ2v) is 9.11. The van der Waals surface area contributed by atoms with Crippen molar-refractivity contribution in [3.8, 4) is 11.8 Å². The molecule has 2 aliphatic rings. The summed E-state index contributed by atoms with van der Waals surface area (Å²) in [5, 5.41) is 15.7. The molecule has 2 saturated heterocycles. The molecule has 0 aliphatic carbocycles. The molecule has 1 aromatic heterocycles. The summed E-state index contributed by atoms with van der Waals surface area (Å²) in [5.41, 5.74) is 3.44. The SMILES string of the molecule is CN(C)c1ccc(CN[C@H]2CO[C@H]3[C@@H]2OC[C@@H]3n2nnnc2Oc2cccc(N(C)C)c2)cc1. The van der Waals surface area contributed by atoms with Crippen molar-refractivity contribution in [1.29, 1.82) is 0 Å². The van der Waals surface area contributed by atoms with Crippen LogP contribution in [0.25, 0.3) is 0 Å². The van der Waals surface area contributed by atoms with Gasteiger partial charge in [0.25, 0.3) is 0 Å². The Labute approximate surface area is 199 Å². The van der Waals surface area contributed by atoms with Crippen LogP contribution in [-0.4, -0.2) is 79.9 Å². The number of nitrogens with zero attached hydrogens (tertiary/aromatic N) is 6. The zero-order valence-electron chi connectivity index (χ0n) is 20.0. The minimum atomic E-state index is -0.154. The molecule has 0 radical (unpaired) electrons. The predicted octanol–water partition coefficient (Wildman–Crippen LogP) is 2.09. The zero-order chi connectivity index (χ0) is 23.7. The molecule has 0 bridgehead atoms. The van der Waals surface area contributed by atoms with Crippen molar-refractivity contribution in [3.05, 3.63) is 54.1 Å². The van der Waals surface area contributed by atoms with Gasteiger partial charge in [0.1, 0.15) is 24.0 Å². The van der Waals surface area contributed by atoms with Gasteiger partial charge in [-0.05, 0) is 40.3 Å². The van der Waals surface area contributed by atoms with Gasteiger partial charge < -0.3 is 29.3 Å². The van der Waals surface area contributed by atoms with E-state index in [1.165, 1.54) is 11.3 Å². The molecule has 5 rings (SSSR count). The molecule has 0 spiro atoms. The highest BCUT2D eigenvalue weighted by Gasteiger charge is 2.49. The number of anilines is 2. The minimum Gasteiger partial charge on any atom is -0.423 e. The molecule has 4 atom stereocenters. The molecule has 1 N–H and O–H groups in total. The van der Waals surface area contributed by atoms with E-state index >= 15 is 0 Å². The van der Waals surface area contributed by atoms with Crippen molar-refractivity contribution in [3.63, 3.8) is 0 Å². The summed E-state index contributed by atoms with van der Waals surface area (Å²) in [6.45, 7) is 1.79. The number of benzene rings is 2. The van der Waals surface area contributed by atoms with Gasteiger partial charge in [-0.2, -0.15) is 4.68 Å². The molecule has 3 heterocycles. The van der Waals surface area contributed by atoms with Gasteiger partial charge in [-0.15, -0.1) is 0 Å². The number of rotatable bonds is 8. The van der Waals surface area contributed by atoms with E-state index in [1.54, 1.807) is 4.68 Å². The zero-order valence-corrected chi connectivity index (χ0v) is 20.0. The first-order valence-corrected chi connectivity index (χ1v) is 11.5. The Morgan fingerprint density at radius 3 is 2.50 bits per heavy atom. The summed E-state index contributed by atoms with van der Waals surface area (Å²) in [6.07, 6.45) is -0.215. The van der Waals surface area contributed by atoms with Crippen LogP contribution in [0.3, 0.4) is 0 Å². The van der Waals surface area contributed by atoms with Crippen LogP contribution < -0.4 is 19.9 Å². The number of ether oxygens (including phenoxy) is 3. The molecule has 10 heteroatoms. The van der Waals surface area contributed by atoms with E-state index in [9.17, 15) is 0 Å². The highest BCUT2D eigenvalue weighted by molar-refractivity contribution is 5.50. The van der Waals surface area contributed by atoms with E-state index in [2.05, 4.69) is 50.0 Å². The first-order chi connectivity index (χ1) is 16.5. The summed E-state index contributed by atoms with van der Waals surface area (Å²) in [4.78, 5) is 4.11. The number of fused-ring (bicyclic) bond motifs is 1. The molecule has 2 aromatic carbocycles. The number of tetrazole rings is 1. The van der Waals surface area contributed by atoms with Crippen molar-refractivity contribution >= 4 is 11.4 Å². The first kappa shape index (κ1) is 22.6. The van der Waals surface area contributed by atoms with Crippen LogP contribution in [-0.2, 0) is 16.0 Å². The third-order valence-electron chi connectivity index (χ3n) is 6.37. The Hall–Kier alpha value is -3.21. The van der Waals surface area contributed by atoms with E-state index in [0.29, 0.717) is 25.0 Å². The monoisotopic (exact) mass is 465 g/mol. The molecule has 34 heavy (non-hydrogen) atoms. The number of hydrogen-bond donors (Lipinski definition) is 1. The number of hydrogen-bond acceptors (Lipinski definition) is 9. The molecular weight excluding hydrogens is 434 g/mol. The van der Waals surface area contributed by atoms with Gasteiger partial charge in [0, 0.05) is 52.2 Å².